The van der Waals surface area contributed by atoms with E-state index >= 15 is 0 Å². The Morgan fingerprint density at radius 2 is 1.71 bits per heavy atom. The van der Waals surface area contributed by atoms with Crippen molar-refractivity contribution in [3.63, 3.8) is 0 Å². The molecule has 8 nitrogen and oxygen atoms in total. The Balaban J connectivity index is 1.47. The molecule has 0 aliphatic heterocycles. The largest absolute Gasteiger partial charge is 0.462 e. The summed E-state index contributed by atoms with van der Waals surface area (Å²) in [5, 5.41) is 4.70. The van der Waals surface area contributed by atoms with Gasteiger partial charge in [-0.15, -0.1) is 5.10 Å². The van der Waals surface area contributed by atoms with Crippen LogP contribution in [0.15, 0.2) is 55.0 Å². The van der Waals surface area contributed by atoms with Crippen molar-refractivity contribution in [3.8, 4) is 16.9 Å². The van der Waals surface area contributed by atoms with E-state index in [1.165, 1.54) is 15.1 Å². The van der Waals surface area contributed by atoms with Crippen molar-refractivity contribution >= 4 is 23.3 Å². The number of hydrogen-bond donors (Lipinski definition) is 0. The lowest BCUT2D eigenvalue weighted by molar-refractivity contribution is -0.137. The average molecular weight is 582 g/mol. The number of aromatic nitrogens is 4. The summed E-state index contributed by atoms with van der Waals surface area (Å²) in [5.41, 5.74) is 1.67. The summed E-state index contributed by atoms with van der Waals surface area (Å²) in [7, 11) is 0. The fraction of sp³-hybridized carbons (Fsp3) is 0.419. The van der Waals surface area contributed by atoms with Gasteiger partial charge in [-0.05, 0) is 76.6 Å². The number of benzene rings is 1. The molecule has 0 radical (unpaired) electrons. The predicted octanol–water partition coefficient (Wildman–Crippen LogP) is 6.95. The molecule has 11 heteroatoms. The highest BCUT2D eigenvalue weighted by Gasteiger charge is 2.35. The number of fused-ring (bicyclic) bond motifs is 1. The van der Waals surface area contributed by atoms with E-state index in [0.717, 1.165) is 37.9 Å². The van der Waals surface area contributed by atoms with Gasteiger partial charge >= 0.3 is 12.1 Å². The molecule has 0 saturated heterocycles. The molecule has 1 amide bonds. The normalized spacial score (nSPS) is 17.5. The van der Waals surface area contributed by atoms with Crippen molar-refractivity contribution in [1.82, 2.24) is 19.2 Å². The molecule has 0 N–H and O–H groups in total. The van der Waals surface area contributed by atoms with Crippen LogP contribution < -0.4 is 4.90 Å². The molecule has 222 valence electrons. The minimum atomic E-state index is -4.45. The second-order valence-electron chi connectivity index (χ2n) is 11.1. The lowest BCUT2D eigenvalue weighted by Crippen LogP contribution is -2.43. The second kappa shape index (κ2) is 11.6. The summed E-state index contributed by atoms with van der Waals surface area (Å²) in [4.78, 5) is 32.8. The SMILES string of the molecule is CCOC(=O)c1cn(-c2ccc(-c3cn4cc(C(F)(F)F)ccc4n3)cc2)nc1N(C(=O)C1CCC(C)CC1)C(C)C. The van der Waals surface area contributed by atoms with Crippen LogP contribution in [0.25, 0.3) is 22.6 Å². The number of alkyl halides is 3. The van der Waals surface area contributed by atoms with Crippen LogP contribution in [0.2, 0.25) is 0 Å². The molecule has 42 heavy (non-hydrogen) atoms. The summed E-state index contributed by atoms with van der Waals surface area (Å²) in [5.74, 6) is 0.131. The van der Waals surface area contributed by atoms with Crippen molar-refractivity contribution in [2.45, 2.75) is 65.6 Å². The third kappa shape index (κ3) is 5.91. The molecule has 1 saturated carbocycles. The van der Waals surface area contributed by atoms with E-state index in [1.54, 1.807) is 48.5 Å². The van der Waals surface area contributed by atoms with Gasteiger partial charge in [-0.1, -0.05) is 19.1 Å². The summed E-state index contributed by atoms with van der Waals surface area (Å²) >= 11 is 0. The molecular formula is C31H34F3N5O3. The van der Waals surface area contributed by atoms with E-state index in [9.17, 15) is 22.8 Å². The third-order valence-electron chi connectivity index (χ3n) is 7.74. The first-order valence-electron chi connectivity index (χ1n) is 14.2. The molecule has 0 bridgehead atoms. The van der Waals surface area contributed by atoms with Crippen LogP contribution in [-0.4, -0.2) is 43.7 Å². The quantitative estimate of drug-likeness (QED) is 0.221. The Hall–Kier alpha value is -4.15. The number of carbonyl (C=O) groups excluding carboxylic acids is 2. The lowest BCUT2D eigenvalue weighted by Gasteiger charge is -2.32. The van der Waals surface area contributed by atoms with E-state index in [0.29, 0.717) is 28.5 Å². The first kappa shape index (κ1) is 29.3. The molecule has 0 unspecified atom stereocenters. The van der Waals surface area contributed by atoms with Gasteiger partial charge in [0.25, 0.3) is 0 Å². The number of hydrogen-bond acceptors (Lipinski definition) is 5. The number of anilines is 1. The van der Waals surface area contributed by atoms with Gasteiger partial charge in [0, 0.05) is 36.1 Å². The van der Waals surface area contributed by atoms with Gasteiger partial charge < -0.3 is 9.14 Å². The zero-order valence-electron chi connectivity index (χ0n) is 24.1. The maximum Gasteiger partial charge on any atom is 0.417 e. The monoisotopic (exact) mass is 581 g/mol. The summed E-state index contributed by atoms with van der Waals surface area (Å²) < 4.78 is 47.6. The lowest BCUT2D eigenvalue weighted by atomic mass is 9.82. The van der Waals surface area contributed by atoms with E-state index in [4.69, 9.17) is 9.84 Å². The van der Waals surface area contributed by atoms with Crippen LogP contribution in [0, 0.1) is 11.8 Å². The number of amides is 1. The van der Waals surface area contributed by atoms with Crippen LogP contribution in [-0.2, 0) is 15.7 Å². The number of carbonyl (C=O) groups is 2. The van der Waals surface area contributed by atoms with Crippen LogP contribution in [0.1, 0.15) is 69.3 Å². The maximum atomic E-state index is 13.7. The molecule has 4 aromatic rings. The van der Waals surface area contributed by atoms with Gasteiger partial charge in [-0.2, -0.15) is 13.2 Å². The number of rotatable bonds is 7. The van der Waals surface area contributed by atoms with E-state index in [2.05, 4.69) is 11.9 Å². The molecule has 1 fully saturated rings. The summed E-state index contributed by atoms with van der Waals surface area (Å²) in [6, 6.07) is 9.21. The molecular weight excluding hydrogens is 547 g/mol. The highest BCUT2D eigenvalue weighted by Crippen LogP contribution is 2.34. The van der Waals surface area contributed by atoms with E-state index < -0.39 is 17.7 Å². The van der Waals surface area contributed by atoms with E-state index in [-0.39, 0.29) is 35.9 Å². The first-order chi connectivity index (χ1) is 20.0. The fourth-order valence-corrected chi connectivity index (χ4v) is 5.42. The molecule has 3 heterocycles. The van der Waals surface area contributed by atoms with Crippen molar-refractivity contribution in [2.75, 3.05) is 11.5 Å². The van der Waals surface area contributed by atoms with Crippen molar-refractivity contribution < 1.29 is 27.5 Å². The molecule has 1 aromatic carbocycles. The number of esters is 1. The topological polar surface area (TPSA) is 81.7 Å². The Morgan fingerprint density at radius 3 is 2.33 bits per heavy atom. The molecule has 1 aliphatic rings. The highest BCUT2D eigenvalue weighted by molar-refractivity contribution is 6.02. The van der Waals surface area contributed by atoms with Crippen LogP contribution in [0.4, 0.5) is 19.0 Å². The van der Waals surface area contributed by atoms with Crippen molar-refractivity contribution in [1.29, 1.82) is 0 Å². The van der Waals surface area contributed by atoms with Gasteiger partial charge in [0.05, 0.1) is 23.6 Å². The van der Waals surface area contributed by atoms with Crippen molar-refractivity contribution in [2.24, 2.45) is 11.8 Å². The van der Waals surface area contributed by atoms with Gasteiger partial charge in [-0.25, -0.2) is 14.5 Å². The van der Waals surface area contributed by atoms with Crippen LogP contribution >= 0.6 is 0 Å². The maximum absolute atomic E-state index is 13.7. The number of halogens is 3. The Bertz CT molecular complexity index is 1580. The predicted molar refractivity (Wildman–Crippen MR) is 152 cm³/mol. The molecule has 0 spiro atoms. The van der Waals surface area contributed by atoms with Gasteiger partial charge in [0.2, 0.25) is 5.91 Å². The highest BCUT2D eigenvalue weighted by atomic mass is 19.4. The molecule has 1 aliphatic carbocycles. The molecule has 3 aromatic heterocycles. The molecule has 0 atom stereocenters. The number of imidazole rings is 1. The number of nitrogens with zero attached hydrogens (tertiary/aromatic N) is 5. The zero-order valence-corrected chi connectivity index (χ0v) is 24.1. The van der Waals surface area contributed by atoms with Gasteiger partial charge in [0.15, 0.2) is 5.82 Å². The van der Waals surface area contributed by atoms with Gasteiger partial charge in [-0.3, -0.25) is 9.69 Å². The Morgan fingerprint density at radius 1 is 1.02 bits per heavy atom. The number of pyridine rings is 1. The Labute approximate surface area is 242 Å². The zero-order chi connectivity index (χ0) is 30.2. The standard InChI is InChI=1S/C31H34F3N5O3/c1-5-42-30(41)25-17-38(36-28(25)39(19(2)3)29(40)22-8-6-20(4)7-9-22)24-13-10-21(11-14-24)26-18-37-16-23(31(32,33)34)12-15-27(37)35-26/h10-20,22H,5-9H2,1-4H3. The first-order valence-corrected chi connectivity index (χ1v) is 14.2. The van der Waals surface area contributed by atoms with Crippen molar-refractivity contribution in [3.05, 3.63) is 66.1 Å². The average Bonchev–Trinajstić information content (AvgIpc) is 3.58. The smallest absolute Gasteiger partial charge is 0.417 e. The Kier molecular flexibility index (Phi) is 8.12. The van der Waals surface area contributed by atoms with Gasteiger partial charge in [0.1, 0.15) is 11.2 Å². The second-order valence-corrected chi connectivity index (χ2v) is 11.1. The summed E-state index contributed by atoms with van der Waals surface area (Å²) in [6.07, 6.45) is 3.27. The van der Waals surface area contributed by atoms with E-state index in [1.807, 2.05) is 13.8 Å². The van der Waals surface area contributed by atoms with Crippen LogP contribution in [0.5, 0.6) is 0 Å². The fourth-order valence-electron chi connectivity index (χ4n) is 5.42. The molecule has 5 rings (SSSR count). The minimum Gasteiger partial charge on any atom is -0.462 e. The third-order valence-corrected chi connectivity index (χ3v) is 7.74. The summed E-state index contributed by atoms with van der Waals surface area (Å²) in [6.45, 7) is 7.90. The van der Waals surface area contributed by atoms with Crippen LogP contribution in [0.3, 0.4) is 0 Å². The minimum absolute atomic E-state index is 0.0384. The number of ether oxygens (including phenoxy) is 1.